The summed E-state index contributed by atoms with van der Waals surface area (Å²) in [6.07, 6.45) is 0. The monoisotopic (exact) mass is 171 g/mol. The zero-order valence-electron chi connectivity index (χ0n) is 1.84. The van der Waals surface area contributed by atoms with Gasteiger partial charge in [-0.05, 0) is 0 Å². The number of rotatable bonds is 0. The molecule has 0 radical (unpaired) electrons. The molecule has 0 aromatic heterocycles. The molecule has 0 aliphatic carbocycles. The molecule has 0 aromatic rings. The standard InChI is InChI=1S/Al.3H2O.Zr.3H/h;3*1H2;;;;/q;;;;+3;;;/p-3. The molecule has 0 saturated carbocycles. The molecule has 3 nitrogen and oxygen atoms in total. The van der Waals surface area contributed by atoms with E-state index < -0.39 is 23.1 Å². The third-order valence-corrected chi connectivity index (χ3v) is 0. The van der Waals surface area contributed by atoms with Gasteiger partial charge >= 0.3 is 32.6 Å². The van der Waals surface area contributed by atoms with Crippen LogP contribution in [-0.4, -0.2) is 26.9 Å². The van der Waals surface area contributed by atoms with E-state index in [9.17, 15) is 0 Å². The fraction of sp³-hybridized carbons (Fsp3) is 0. The third kappa shape index (κ3) is 34.3. The summed E-state index contributed by atoms with van der Waals surface area (Å²) < 4.78 is 22.1. The van der Waals surface area contributed by atoms with Crippen LogP contribution in [0.4, 0.5) is 0 Å². The molecule has 5 heavy (non-hydrogen) atoms. The Morgan fingerprint density at radius 1 is 1.00 bits per heavy atom. The van der Waals surface area contributed by atoms with Gasteiger partial charge < -0.3 is 0 Å². The second kappa shape index (κ2) is 5.30. The SMILES string of the molecule is [AlH3].[OH][Zr]([OH])[OH]. The summed E-state index contributed by atoms with van der Waals surface area (Å²) in [5, 5.41) is 0. The quantitative estimate of drug-likeness (QED) is 0.345. The first-order valence-corrected chi connectivity index (χ1v) is 3.97. The van der Waals surface area contributed by atoms with Crippen molar-refractivity contribution in [3.05, 3.63) is 0 Å². The second-order valence-corrected chi connectivity index (χ2v) is 1.77. The fourth-order valence-electron chi connectivity index (χ4n) is 0. The molecule has 5 heteroatoms. The van der Waals surface area contributed by atoms with Crippen LogP contribution in [0.15, 0.2) is 0 Å². The van der Waals surface area contributed by atoms with Gasteiger partial charge in [0.05, 0.1) is 0 Å². The Kier molecular flexibility index (Phi) is 10.1. The third-order valence-electron chi connectivity index (χ3n) is 0. The molecular weight excluding hydrogens is 166 g/mol. The number of hydrogen-bond acceptors (Lipinski definition) is 3. The van der Waals surface area contributed by atoms with E-state index in [1.807, 2.05) is 0 Å². The van der Waals surface area contributed by atoms with Gasteiger partial charge in [-0.2, -0.15) is 0 Å². The van der Waals surface area contributed by atoms with Crippen molar-refractivity contribution in [2.75, 3.05) is 0 Å². The van der Waals surface area contributed by atoms with Crippen LogP contribution >= 0.6 is 0 Å². The van der Waals surface area contributed by atoms with Crippen molar-refractivity contribution in [1.82, 2.24) is 0 Å². The summed E-state index contributed by atoms with van der Waals surface area (Å²) in [6, 6.07) is 0. The Morgan fingerprint density at radius 2 is 1.00 bits per heavy atom. The molecule has 0 saturated heterocycles. The van der Waals surface area contributed by atoms with E-state index in [2.05, 4.69) is 0 Å². The van der Waals surface area contributed by atoms with Gasteiger partial charge in [0.25, 0.3) is 0 Å². The summed E-state index contributed by atoms with van der Waals surface area (Å²) in [4.78, 5) is 0. The Labute approximate surface area is 49.9 Å². The zero-order chi connectivity index (χ0) is 3.58. The summed E-state index contributed by atoms with van der Waals surface area (Å²) in [7, 11) is 0. The molecule has 0 heterocycles. The van der Waals surface area contributed by atoms with Crippen LogP contribution in [0.3, 0.4) is 0 Å². The van der Waals surface area contributed by atoms with Crippen LogP contribution in [0, 0.1) is 0 Å². The molecule has 0 atom stereocenters. The number of hydrogen-bond donors (Lipinski definition) is 3. The van der Waals surface area contributed by atoms with Gasteiger partial charge in [-0.15, -0.1) is 0 Å². The maximum absolute atomic E-state index is 7.36. The van der Waals surface area contributed by atoms with Gasteiger partial charge in [-0.1, -0.05) is 0 Å². The molecule has 0 bridgehead atoms. The van der Waals surface area contributed by atoms with Gasteiger partial charge in [0.2, 0.25) is 0 Å². The van der Waals surface area contributed by atoms with Crippen LogP contribution in [0.25, 0.3) is 0 Å². The van der Waals surface area contributed by atoms with Crippen molar-refractivity contribution in [2.45, 2.75) is 0 Å². The van der Waals surface area contributed by atoms with E-state index in [-0.39, 0.29) is 17.4 Å². The molecule has 3 N–H and O–H groups in total. The van der Waals surface area contributed by atoms with E-state index in [0.29, 0.717) is 0 Å². The van der Waals surface area contributed by atoms with Crippen LogP contribution < -0.4 is 0 Å². The van der Waals surface area contributed by atoms with Crippen LogP contribution in [-0.2, 0) is 23.1 Å². The van der Waals surface area contributed by atoms with Gasteiger partial charge in [-0.3, -0.25) is 0 Å². The summed E-state index contributed by atoms with van der Waals surface area (Å²) in [5.74, 6) is 0. The predicted octanol–water partition coefficient (Wildman–Crippen LogP) is -2.86. The average molecular weight is 172 g/mol. The van der Waals surface area contributed by atoms with Gasteiger partial charge in [0.15, 0.2) is 17.4 Å². The van der Waals surface area contributed by atoms with Crippen LogP contribution in [0.1, 0.15) is 0 Å². The normalized spacial score (nSPS) is 5.40. The van der Waals surface area contributed by atoms with Crippen molar-refractivity contribution in [1.29, 1.82) is 0 Å². The van der Waals surface area contributed by atoms with E-state index in [1.165, 1.54) is 0 Å². The molecule has 0 aromatic carbocycles. The predicted molar refractivity (Wildman–Crippen MR) is 16.6 cm³/mol. The Bertz CT molecular complexity index is 11.6. The van der Waals surface area contributed by atoms with Crippen molar-refractivity contribution in [2.24, 2.45) is 0 Å². The molecule has 0 amide bonds. The maximum atomic E-state index is 7.36. The molecule has 0 fully saturated rings. The Morgan fingerprint density at radius 3 is 1.00 bits per heavy atom. The average Bonchev–Trinajstić information content (AvgIpc) is 0.811. The van der Waals surface area contributed by atoms with E-state index >= 15 is 0 Å². The molecule has 0 aliphatic rings. The fourth-order valence-corrected chi connectivity index (χ4v) is 0. The summed E-state index contributed by atoms with van der Waals surface area (Å²) >= 11 is -3.54. The first kappa shape index (κ1) is 9.57. The Hall–Kier alpha value is 1.30. The van der Waals surface area contributed by atoms with Crippen molar-refractivity contribution < 1.29 is 32.6 Å². The van der Waals surface area contributed by atoms with Crippen LogP contribution in [0.5, 0.6) is 0 Å². The Balaban J connectivity index is 0. The molecule has 0 aliphatic heterocycles. The molecule has 0 rings (SSSR count). The molecule has 0 spiro atoms. The molecule has 31 valence electrons. The van der Waals surface area contributed by atoms with Gasteiger partial charge in [0, 0.05) is 0 Å². The minimum absolute atomic E-state index is 0. The molecule has 0 unspecified atom stereocenters. The van der Waals surface area contributed by atoms with E-state index in [1.54, 1.807) is 0 Å². The second-order valence-electron chi connectivity index (χ2n) is 0.300. The van der Waals surface area contributed by atoms with Crippen molar-refractivity contribution >= 4 is 17.4 Å². The van der Waals surface area contributed by atoms with Crippen LogP contribution in [0.2, 0.25) is 0 Å². The minimum atomic E-state index is -3.54. The first-order chi connectivity index (χ1) is 1.73. The van der Waals surface area contributed by atoms with Crippen molar-refractivity contribution in [3.63, 3.8) is 0 Å². The van der Waals surface area contributed by atoms with Gasteiger partial charge in [-0.25, -0.2) is 0 Å². The van der Waals surface area contributed by atoms with Crippen molar-refractivity contribution in [3.8, 4) is 0 Å². The summed E-state index contributed by atoms with van der Waals surface area (Å²) in [5.41, 5.74) is 0. The molecular formula is H6AlO3Zr. The van der Waals surface area contributed by atoms with Gasteiger partial charge in [0.1, 0.15) is 0 Å². The topological polar surface area (TPSA) is 60.7 Å². The van der Waals surface area contributed by atoms with E-state index in [4.69, 9.17) is 9.55 Å². The summed E-state index contributed by atoms with van der Waals surface area (Å²) in [6.45, 7) is 0. The van der Waals surface area contributed by atoms with E-state index in [0.717, 1.165) is 0 Å². The zero-order valence-corrected chi connectivity index (χ0v) is 4.30. The first-order valence-electron chi connectivity index (χ1n) is 0.671.